The van der Waals surface area contributed by atoms with Crippen molar-refractivity contribution in [3.05, 3.63) is 57.6 Å². The van der Waals surface area contributed by atoms with Gasteiger partial charge in [-0.15, -0.1) is 0 Å². The van der Waals surface area contributed by atoms with Crippen LogP contribution in [-0.2, 0) is 0 Å². The Bertz CT molecular complexity index is 955. The van der Waals surface area contributed by atoms with E-state index in [-0.39, 0.29) is 27.9 Å². The number of pyridine rings is 1. The fourth-order valence-electron chi connectivity index (χ4n) is 3.14. The average molecular weight is 410 g/mol. The number of hydrogen-bond acceptors (Lipinski definition) is 6. The zero-order chi connectivity index (χ0) is 19.1. The fraction of sp³-hybridized carbons (Fsp3) is 0.235. The normalized spacial score (nSPS) is 18.8. The van der Waals surface area contributed by atoms with Gasteiger partial charge in [-0.2, -0.15) is 5.10 Å². The van der Waals surface area contributed by atoms with Crippen molar-refractivity contribution in [2.75, 3.05) is 19.6 Å². The number of rotatable bonds is 2. The summed E-state index contributed by atoms with van der Waals surface area (Å²) < 4.78 is 13.9. The number of nitrogens with zero attached hydrogens (tertiary/aromatic N) is 4. The van der Waals surface area contributed by atoms with E-state index in [1.165, 1.54) is 17.0 Å². The number of carbonyl (C=O) groups is 1. The summed E-state index contributed by atoms with van der Waals surface area (Å²) in [4.78, 5) is 20.4. The monoisotopic (exact) mass is 409 g/mol. The third-order valence-electron chi connectivity index (χ3n) is 4.53. The largest absolute Gasteiger partial charge is 0.506 e. The SMILES string of the molecule is O=C(c1ccc(Cl)c(F)c1Cl)N1CCN2C(=NNC2c2ncccc2O)C1. The number of benzene rings is 1. The molecule has 0 radical (unpaired) electrons. The number of fused-ring (bicyclic) bond motifs is 1. The van der Waals surface area contributed by atoms with Crippen molar-refractivity contribution < 1.29 is 14.3 Å². The van der Waals surface area contributed by atoms with Gasteiger partial charge in [-0.3, -0.25) is 15.2 Å². The minimum atomic E-state index is -0.812. The zero-order valence-corrected chi connectivity index (χ0v) is 15.4. The van der Waals surface area contributed by atoms with Gasteiger partial charge in [0.15, 0.2) is 12.0 Å². The van der Waals surface area contributed by atoms with Crippen LogP contribution in [-0.4, -0.2) is 51.3 Å². The Morgan fingerprint density at radius 3 is 2.89 bits per heavy atom. The molecule has 1 aromatic heterocycles. The molecule has 0 spiro atoms. The van der Waals surface area contributed by atoms with Crippen molar-refractivity contribution in [2.24, 2.45) is 5.10 Å². The van der Waals surface area contributed by atoms with Crippen molar-refractivity contribution in [1.29, 1.82) is 0 Å². The van der Waals surface area contributed by atoms with Gasteiger partial charge in [0.05, 0.1) is 22.2 Å². The summed E-state index contributed by atoms with van der Waals surface area (Å²) in [6.45, 7) is 1.06. The molecule has 2 aliphatic rings. The summed E-state index contributed by atoms with van der Waals surface area (Å²) in [5.41, 5.74) is 3.44. The highest BCUT2D eigenvalue weighted by molar-refractivity contribution is 6.37. The van der Waals surface area contributed by atoms with Gasteiger partial charge in [0.25, 0.3) is 5.91 Å². The van der Waals surface area contributed by atoms with Crippen molar-refractivity contribution in [3.63, 3.8) is 0 Å². The maximum absolute atomic E-state index is 13.9. The minimum Gasteiger partial charge on any atom is -0.506 e. The smallest absolute Gasteiger partial charge is 0.255 e. The molecule has 3 heterocycles. The Labute approximate surface area is 164 Å². The van der Waals surface area contributed by atoms with Gasteiger partial charge in [-0.1, -0.05) is 23.2 Å². The zero-order valence-electron chi connectivity index (χ0n) is 13.9. The lowest BCUT2D eigenvalue weighted by atomic mass is 10.1. The van der Waals surface area contributed by atoms with Crippen LogP contribution >= 0.6 is 23.2 Å². The molecule has 0 saturated carbocycles. The topological polar surface area (TPSA) is 81.1 Å². The van der Waals surface area contributed by atoms with E-state index in [4.69, 9.17) is 23.2 Å². The molecule has 4 rings (SSSR count). The summed E-state index contributed by atoms with van der Waals surface area (Å²) in [6, 6.07) is 5.91. The Kier molecular flexibility index (Phi) is 4.53. The van der Waals surface area contributed by atoms with Gasteiger partial charge in [0.1, 0.15) is 17.3 Å². The van der Waals surface area contributed by atoms with Crippen LogP contribution in [0.4, 0.5) is 4.39 Å². The van der Waals surface area contributed by atoms with Crippen LogP contribution in [0.1, 0.15) is 22.2 Å². The molecular formula is C17H14Cl2FN5O2. The second kappa shape index (κ2) is 6.86. The van der Waals surface area contributed by atoms with E-state index in [2.05, 4.69) is 15.5 Å². The molecule has 1 atom stereocenters. The van der Waals surface area contributed by atoms with Crippen molar-refractivity contribution >= 4 is 34.9 Å². The van der Waals surface area contributed by atoms with E-state index in [9.17, 15) is 14.3 Å². The average Bonchev–Trinajstić information content (AvgIpc) is 3.09. The molecule has 2 N–H and O–H groups in total. The lowest BCUT2D eigenvalue weighted by molar-refractivity contribution is 0.0735. The molecule has 10 heteroatoms. The minimum absolute atomic E-state index is 0.0532. The molecule has 2 aliphatic heterocycles. The van der Waals surface area contributed by atoms with E-state index in [0.29, 0.717) is 24.6 Å². The van der Waals surface area contributed by atoms with Gasteiger partial charge >= 0.3 is 0 Å². The van der Waals surface area contributed by atoms with E-state index in [0.717, 1.165) is 0 Å². The highest BCUT2D eigenvalue weighted by Crippen LogP contribution is 2.31. The molecule has 7 nitrogen and oxygen atoms in total. The predicted octanol–water partition coefficient (Wildman–Crippen LogP) is 2.61. The van der Waals surface area contributed by atoms with Gasteiger partial charge < -0.3 is 14.9 Å². The molecule has 27 heavy (non-hydrogen) atoms. The number of piperazine rings is 1. The molecule has 2 aromatic rings. The third-order valence-corrected chi connectivity index (χ3v) is 5.19. The van der Waals surface area contributed by atoms with Crippen LogP contribution < -0.4 is 5.43 Å². The molecule has 1 aromatic carbocycles. The van der Waals surface area contributed by atoms with E-state index < -0.39 is 17.9 Å². The number of aromatic nitrogens is 1. The Morgan fingerprint density at radius 2 is 2.11 bits per heavy atom. The molecule has 0 bridgehead atoms. The maximum Gasteiger partial charge on any atom is 0.255 e. The molecule has 1 unspecified atom stereocenters. The van der Waals surface area contributed by atoms with Crippen LogP contribution in [0.3, 0.4) is 0 Å². The number of aromatic hydroxyl groups is 1. The van der Waals surface area contributed by atoms with E-state index in [1.807, 2.05) is 4.90 Å². The van der Waals surface area contributed by atoms with Crippen molar-refractivity contribution in [3.8, 4) is 5.75 Å². The van der Waals surface area contributed by atoms with Crippen molar-refractivity contribution in [2.45, 2.75) is 6.17 Å². The summed E-state index contributed by atoms with van der Waals surface area (Å²) >= 11 is 11.6. The first-order chi connectivity index (χ1) is 13.0. The number of amidine groups is 1. The summed E-state index contributed by atoms with van der Waals surface area (Å²) in [5.74, 6) is -0.529. The first-order valence-electron chi connectivity index (χ1n) is 8.12. The highest BCUT2D eigenvalue weighted by Gasteiger charge is 2.37. The lowest BCUT2D eigenvalue weighted by Crippen LogP contribution is -2.51. The Morgan fingerprint density at radius 1 is 1.30 bits per heavy atom. The van der Waals surface area contributed by atoms with Crippen LogP contribution in [0.25, 0.3) is 0 Å². The van der Waals surface area contributed by atoms with Crippen LogP contribution in [0.15, 0.2) is 35.6 Å². The second-order valence-electron chi connectivity index (χ2n) is 6.11. The van der Waals surface area contributed by atoms with Gasteiger partial charge in [-0.05, 0) is 24.3 Å². The second-order valence-corrected chi connectivity index (χ2v) is 6.90. The number of hydrogen-bond donors (Lipinski definition) is 2. The molecule has 1 amide bonds. The first kappa shape index (κ1) is 17.8. The van der Waals surface area contributed by atoms with Gasteiger partial charge in [-0.25, -0.2) is 4.39 Å². The number of carbonyl (C=O) groups excluding carboxylic acids is 1. The standard InChI is InChI=1S/C17H14Cl2FN5O2/c18-10-4-3-9(13(19)14(10)20)17(27)24-6-7-25-12(8-24)22-23-16(25)15-11(26)2-1-5-21-15/h1-5,16,23,26H,6-8H2. The van der Waals surface area contributed by atoms with Crippen LogP contribution in [0.2, 0.25) is 10.0 Å². The van der Waals surface area contributed by atoms with Gasteiger partial charge in [0, 0.05) is 19.3 Å². The van der Waals surface area contributed by atoms with Gasteiger partial charge in [0.2, 0.25) is 0 Å². The van der Waals surface area contributed by atoms with Crippen molar-refractivity contribution in [1.82, 2.24) is 20.2 Å². The molecular weight excluding hydrogens is 396 g/mol. The van der Waals surface area contributed by atoms with E-state index in [1.54, 1.807) is 18.3 Å². The molecule has 1 saturated heterocycles. The summed E-state index contributed by atoms with van der Waals surface area (Å²) in [6.07, 6.45) is 1.18. The molecule has 1 fully saturated rings. The Balaban J connectivity index is 1.53. The number of hydrazone groups is 1. The summed E-state index contributed by atoms with van der Waals surface area (Å²) in [7, 11) is 0. The molecule has 0 aliphatic carbocycles. The first-order valence-corrected chi connectivity index (χ1v) is 8.88. The Hall–Kier alpha value is -2.58. The third kappa shape index (κ3) is 3.04. The fourth-order valence-corrected chi connectivity index (χ4v) is 3.60. The highest BCUT2D eigenvalue weighted by atomic mass is 35.5. The van der Waals surface area contributed by atoms with Crippen LogP contribution in [0, 0.1) is 5.82 Å². The number of halogens is 3. The summed E-state index contributed by atoms with van der Waals surface area (Å²) in [5, 5.41) is 13.9. The van der Waals surface area contributed by atoms with Crippen LogP contribution in [0.5, 0.6) is 5.75 Å². The predicted molar refractivity (Wildman–Crippen MR) is 98.2 cm³/mol. The lowest BCUT2D eigenvalue weighted by Gasteiger charge is -2.36. The number of nitrogens with one attached hydrogen (secondary N) is 1. The number of amides is 1. The quantitative estimate of drug-likeness (QED) is 0.745. The maximum atomic E-state index is 13.9. The van der Waals surface area contributed by atoms with E-state index >= 15 is 0 Å². The molecule has 140 valence electrons.